The molecule has 28 heavy (non-hydrogen) atoms. The highest BCUT2D eigenvalue weighted by Crippen LogP contribution is 2.41. The Kier molecular flexibility index (Phi) is 8.02. The Bertz CT molecular complexity index is 681. The summed E-state index contributed by atoms with van der Waals surface area (Å²) in [4.78, 5) is 22.7. The van der Waals surface area contributed by atoms with Crippen LogP contribution in [0.5, 0.6) is 0 Å². The smallest absolute Gasteiger partial charge is 0.308 e. The first-order valence-corrected chi connectivity index (χ1v) is 10.1. The molecule has 0 aromatic heterocycles. The first-order valence-electron chi connectivity index (χ1n) is 10.1. The van der Waals surface area contributed by atoms with E-state index in [2.05, 4.69) is 62.4 Å². The molecule has 154 valence electrons. The second-order valence-electron chi connectivity index (χ2n) is 8.59. The van der Waals surface area contributed by atoms with E-state index in [9.17, 15) is 4.79 Å². The van der Waals surface area contributed by atoms with Gasteiger partial charge in [-0.2, -0.15) is 0 Å². The normalized spacial score (nSPS) is 27.3. The van der Waals surface area contributed by atoms with E-state index in [1.54, 1.807) is 0 Å². The zero-order chi connectivity index (χ0) is 20.6. The highest BCUT2D eigenvalue weighted by molar-refractivity contribution is 5.70. The lowest BCUT2D eigenvalue weighted by Gasteiger charge is -2.24. The predicted octanol–water partition coefficient (Wildman–Crippen LogP) is 5.74. The molecule has 4 heteroatoms. The summed E-state index contributed by atoms with van der Waals surface area (Å²) in [6, 6.07) is 10.4. The topological polar surface area (TPSA) is 44.8 Å². The minimum absolute atomic E-state index is 0.203. The first-order chi connectivity index (χ1) is 13.2. The van der Waals surface area contributed by atoms with Crippen LogP contribution in [0.1, 0.15) is 58.9 Å². The Morgan fingerprint density at radius 1 is 1.11 bits per heavy atom. The third kappa shape index (κ3) is 7.25. The van der Waals surface area contributed by atoms with Gasteiger partial charge in [0.1, 0.15) is 11.2 Å². The minimum atomic E-state index is -0.623. The molecule has 2 rings (SSSR count). The van der Waals surface area contributed by atoms with Gasteiger partial charge in [-0.15, -0.1) is 0 Å². The Morgan fingerprint density at radius 2 is 1.79 bits per heavy atom. The van der Waals surface area contributed by atoms with Crippen LogP contribution in [-0.4, -0.2) is 24.3 Å². The van der Waals surface area contributed by atoms with Gasteiger partial charge in [-0.05, 0) is 44.1 Å². The number of carbonyl (C=O) groups is 1. The second-order valence-corrected chi connectivity index (χ2v) is 8.59. The lowest BCUT2D eigenvalue weighted by molar-refractivity contribution is -0.346. The van der Waals surface area contributed by atoms with E-state index >= 15 is 0 Å². The lowest BCUT2D eigenvalue weighted by Crippen LogP contribution is -2.32. The quantitative estimate of drug-likeness (QED) is 0.308. The zero-order valence-corrected chi connectivity index (χ0v) is 17.8. The third-order valence-electron chi connectivity index (χ3n) is 5.08. The first kappa shape index (κ1) is 22.4. The summed E-state index contributed by atoms with van der Waals surface area (Å²) in [6.45, 7) is 8.36. The van der Waals surface area contributed by atoms with E-state index in [0.717, 1.165) is 12.8 Å². The van der Waals surface area contributed by atoms with E-state index < -0.39 is 11.2 Å². The summed E-state index contributed by atoms with van der Waals surface area (Å²) in [7, 11) is 1.39. The van der Waals surface area contributed by atoms with E-state index in [1.807, 2.05) is 19.9 Å². The molecule has 0 amide bonds. The number of methoxy groups -OCH3 is 1. The fourth-order valence-corrected chi connectivity index (χ4v) is 3.82. The molecular weight excluding hydrogens is 352 g/mol. The summed E-state index contributed by atoms with van der Waals surface area (Å²) >= 11 is 0. The van der Waals surface area contributed by atoms with Crippen LogP contribution in [0, 0.1) is 11.8 Å². The van der Waals surface area contributed by atoms with Crippen molar-refractivity contribution in [3.05, 3.63) is 54.1 Å². The van der Waals surface area contributed by atoms with Crippen LogP contribution in [0.4, 0.5) is 0 Å². The van der Waals surface area contributed by atoms with Gasteiger partial charge in [0.15, 0.2) is 0 Å². The van der Waals surface area contributed by atoms with E-state index in [-0.39, 0.29) is 12.4 Å². The fraction of sp³-hybridized carbons (Fsp3) is 0.542. The maximum atomic E-state index is 11.6. The maximum absolute atomic E-state index is 11.6. The van der Waals surface area contributed by atoms with Crippen LogP contribution in [0.3, 0.4) is 0 Å². The van der Waals surface area contributed by atoms with E-state index in [1.165, 1.54) is 12.7 Å². The molecule has 4 atom stereocenters. The molecule has 0 N–H and O–H groups in total. The van der Waals surface area contributed by atoms with Crippen LogP contribution in [0.15, 0.2) is 48.6 Å². The molecule has 0 spiro atoms. The van der Waals surface area contributed by atoms with Gasteiger partial charge < -0.3 is 4.74 Å². The molecule has 0 saturated carbocycles. The molecule has 1 heterocycles. The number of carbonyl (C=O) groups excluding carboxylic acids is 1. The predicted molar refractivity (Wildman–Crippen MR) is 112 cm³/mol. The van der Waals surface area contributed by atoms with Gasteiger partial charge in [0, 0.05) is 6.42 Å². The van der Waals surface area contributed by atoms with Crippen LogP contribution in [-0.2, 0) is 19.3 Å². The highest BCUT2D eigenvalue weighted by Gasteiger charge is 2.47. The number of hydrogen-bond acceptors (Lipinski definition) is 4. The molecule has 0 bridgehead atoms. The summed E-state index contributed by atoms with van der Waals surface area (Å²) < 4.78 is 4.76. The highest BCUT2D eigenvalue weighted by atomic mass is 17.2. The Hall–Kier alpha value is -1.91. The molecule has 0 radical (unpaired) electrons. The number of ether oxygens (including phenoxy) is 1. The van der Waals surface area contributed by atoms with Crippen molar-refractivity contribution in [3.8, 4) is 0 Å². The van der Waals surface area contributed by atoms with Gasteiger partial charge in [0.25, 0.3) is 0 Å². The van der Waals surface area contributed by atoms with Crippen LogP contribution < -0.4 is 0 Å². The van der Waals surface area contributed by atoms with Crippen LogP contribution in [0.25, 0.3) is 6.08 Å². The summed E-state index contributed by atoms with van der Waals surface area (Å²) in [5.41, 5.74) is 0.209. The molecule has 1 aliphatic rings. The molecule has 1 aromatic rings. The molecule has 1 saturated heterocycles. The van der Waals surface area contributed by atoms with Crippen molar-refractivity contribution in [1.82, 2.24) is 0 Å². The molecule has 0 unspecified atom stereocenters. The van der Waals surface area contributed by atoms with E-state index in [4.69, 9.17) is 14.5 Å². The second kappa shape index (κ2) is 10.0. The third-order valence-corrected chi connectivity index (χ3v) is 5.08. The Balaban J connectivity index is 1.79. The van der Waals surface area contributed by atoms with Gasteiger partial charge >= 0.3 is 5.97 Å². The fourth-order valence-electron chi connectivity index (χ4n) is 3.82. The SMILES string of the molecule is COC(=O)C[C@]1(C)C[C@@](C)(C[C@@H](C)/C=C/C[C@H](C)/C=C/c2ccccc2)OO1. The van der Waals surface area contributed by atoms with Crippen molar-refractivity contribution in [2.24, 2.45) is 11.8 Å². The van der Waals surface area contributed by atoms with Gasteiger partial charge in [-0.25, -0.2) is 9.78 Å². The number of esters is 1. The average molecular weight is 387 g/mol. The van der Waals surface area contributed by atoms with Gasteiger partial charge in [-0.3, -0.25) is 4.79 Å². The molecular formula is C24H34O4. The monoisotopic (exact) mass is 386 g/mol. The minimum Gasteiger partial charge on any atom is -0.469 e. The van der Waals surface area contributed by atoms with Crippen molar-refractivity contribution in [2.75, 3.05) is 7.11 Å². The van der Waals surface area contributed by atoms with Crippen molar-refractivity contribution < 1.29 is 19.3 Å². The standard InChI is InChI=1S/C24H34O4/c1-19(14-15-21-12-7-6-8-13-21)10-9-11-20(2)16-23(3)18-24(4,28-27-23)17-22(25)26-5/h6-9,11-15,19-20H,10,16-18H2,1-5H3/b11-9+,15-14+/t19-,20-,23+,24+/m0/s1. The van der Waals surface area contributed by atoms with Gasteiger partial charge in [-0.1, -0.05) is 68.5 Å². The van der Waals surface area contributed by atoms with Crippen molar-refractivity contribution in [1.29, 1.82) is 0 Å². The number of rotatable bonds is 9. The number of allylic oxidation sites excluding steroid dienone is 3. The summed E-state index contributed by atoms with van der Waals surface area (Å²) in [6.07, 6.45) is 11.6. The summed E-state index contributed by atoms with van der Waals surface area (Å²) in [5, 5.41) is 0. The van der Waals surface area contributed by atoms with Crippen LogP contribution in [0.2, 0.25) is 0 Å². The summed E-state index contributed by atoms with van der Waals surface area (Å²) in [5.74, 6) is 0.564. The van der Waals surface area contributed by atoms with E-state index in [0.29, 0.717) is 18.3 Å². The largest absolute Gasteiger partial charge is 0.469 e. The van der Waals surface area contributed by atoms with Crippen molar-refractivity contribution in [3.63, 3.8) is 0 Å². The molecule has 1 aliphatic heterocycles. The average Bonchev–Trinajstić information content (AvgIpc) is 2.94. The molecule has 1 fully saturated rings. The maximum Gasteiger partial charge on any atom is 0.308 e. The molecule has 1 aromatic carbocycles. The number of hydrogen-bond donors (Lipinski definition) is 0. The zero-order valence-electron chi connectivity index (χ0n) is 17.8. The van der Waals surface area contributed by atoms with Gasteiger partial charge in [0.05, 0.1) is 13.5 Å². The lowest BCUT2D eigenvalue weighted by atomic mass is 9.82. The van der Waals surface area contributed by atoms with Gasteiger partial charge in [0.2, 0.25) is 0 Å². The number of benzene rings is 1. The Labute approximate surface area is 169 Å². The molecule has 0 aliphatic carbocycles. The van der Waals surface area contributed by atoms with Crippen LogP contribution >= 0.6 is 0 Å². The van der Waals surface area contributed by atoms with Crippen molar-refractivity contribution >= 4 is 12.0 Å². The Morgan fingerprint density at radius 3 is 2.46 bits per heavy atom. The van der Waals surface area contributed by atoms with Crippen molar-refractivity contribution in [2.45, 2.75) is 64.6 Å². The molecule has 4 nitrogen and oxygen atoms in total.